The lowest BCUT2D eigenvalue weighted by Crippen LogP contribution is -2.39. The van der Waals surface area contributed by atoms with Crippen LogP contribution in [0.4, 0.5) is 0 Å². The molecule has 7 heteroatoms. The molecule has 24 heavy (non-hydrogen) atoms. The van der Waals surface area contributed by atoms with Crippen LogP contribution in [0, 0.1) is 0 Å². The van der Waals surface area contributed by atoms with Crippen LogP contribution in [-0.4, -0.2) is 50.0 Å². The molecule has 1 amide bonds. The first-order chi connectivity index (χ1) is 11.6. The van der Waals surface area contributed by atoms with Gasteiger partial charge in [0.1, 0.15) is 0 Å². The fourth-order valence-electron chi connectivity index (χ4n) is 3.09. The number of aromatic nitrogens is 3. The number of piperidine rings is 1. The van der Waals surface area contributed by atoms with Gasteiger partial charge in [0.2, 0.25) is 0 Å². The Morgan fingerprint density at radius 1 is 1.25 bits per heavy atom. The van der Waals surface area contributed by atoms with Crippen molar-refractivity contribution >= 4 is 11.9 Å². The molecule has 2 aromatic rings. The van der Waals surface area contributed by atoms with Crippen LogP contribution in [-0.2, 0) is 6.42 Å². The first-order valence-corrected chi connectivity index (χ1v) is 8.12. The van der Waals surface area contributed by atoms with Gasteiger partial charge in [-0.15, -0.1) is 5.10 Å². The van der Waals surface area contributed by atoms with Gasteiger partial charge in [0.05, 0.1) is 12.2 Å². The van der Waals surface area contributed by atoms with Crippen LogP contribution in [0.3, 0.4) is 0 Å². The third kappa shape index (κ3) is 3.15. The molecular weight excluding hydrogens is 308 g/mol. The number of aromatic carboxylic acids is 1. The summed E-state index contributed by atoms with van der Waals surface area (Å²) in [6, 6.07) is 7.79. The Balaban J connectivity index is 1.66. The lowest BCUT2D eigenvalue weighted by Gasteiger charge is -2.32. The van der Waals surface area contributed by atoms with Gasteiger partial charge >= 0.3 is 5.97 Å². The summed E-state index contributed by atoms with van der Waals surface area (Å²) in [6.45, 7) is 3.30. The predicted octanol–water partition coefficient (Wildman–Crippen LogP) is 2.02. The van der Waals surface area contributed by atoms with E-state index in [1.165, 1.54) is 6.20 Å². The second-order valence-electron chi connectivity index (χ2n) is 5.92. The Labute approximate surface area is 139 Å². The van der Waals surface area contributed by atoms with Gasteiger partial charge < -0.3 is 10.0 Å². The monoisotopic (exact) mass is 328 g/mol. The summed E-state index contributed by atoms with van der Waals surface area (Å²) in [7, 11) is 0. The van der Waals surface area contributed by atoms with Crippen molar-refractivity contribution < 1.29 is 14.7 Å². The molecule has 2 heterocycles. The summed E-state index contributed by atoms with van der Waals surface area (Å²) in [5.41, 5.74) is 1.78. The van der Waals surface area contributed by atoms with E-state index >= 15 is 0 Å². The molecule has 0 aliphatic carbocycles. The fraction of sp³-hybridized carbons (Fsp3) is 0.412. The Morgan fingerprint density at radius 2 is 1.96 bits per heavy atom. The number of amides is 1. The molecule has 0 bridgehead atoms. The minimum Gasteiger partial charge on any atom is -0.476 e. The number of benzene rings is 1. The third-order valence-electron chi connectivity index (χ3n) is 4.48. The van der Waals surface area contributed by atoms with Gasteiger partial charge in [0.15, 0.2) is 5.69 Å². The van der Waals surface area contributed by atoms with Gasteiger partial charge in [-0.25, -0.2) is 9.48 Å². The Kier molecular flexibility index (Phi) is 4.59. The molecule has 3 rings (SSSR count). The summed E-state index contributed by atoms with van der Waals surface area (Å²) >= 11 is 0. The molecule has 1 fully saturated rings. The molecule has 7 nitrogen and oxygen atoms in total. The third-order valence-corrected chi connectivity index (χ3v) is 4.48. The van der Waals surface area contributed by atoms with Gasteiger partial charge in [0, 0.05) is 18.7 Å². The number of hydrogen-bond acceptors (Lipinski definition) is 4. The van der Waals surface area contributed by atoms with Crippen LogP contribution >= 0.6 is 0 Å². The number of carboxylic acid groups (broad SMARTS) is 1. The first kappa shape index (κ1) is 16.2. The highest BCUT2D eigenvalue weighted by Gasteiger charge is 2.26. The highest BCUT2D eigenvalue weighted by atomic mass is 16.4. The number of nitrogens with zero attached hydrogens (tertiary/aromatic N) is 4. The number of rotatable bonds is 4. The second kappa shape index (κ2) is 6.82. The Morgan fingerprint density at radius 3 is 2.58 bits per heavy atom. The van der Waals surface area contributed by atoms with Gasteiger partial charge in [-0.1, -0.05) is 30.3 Å². The quantitative estimate of drug-likeness (QED) is 0.927. The SMILES string of the molecule is CCc1ccccc1C(=O)N1CCC(n2cc(C(=O)O)nn2)CC1. The Bertz CT molecular complexity index is 748. The van der Waals surface area contributed by atoms with E-state index in [2.05, 4.69) is 10.3 Å². The molecule has 1 aliphatic rings. The highest BCUT2D eigenvalue weighted by Crippen LogP contribution is 2.24. The van der Waals surface area contributed by atoms with E-state index in [9.17, 15) is 9.59 Å². The van der Waals surface area contributed by atoms with Crippen LogP contribution in [0.5, 0.6) is 0 Å². The molecule has 1 aliphatic heterocycles. The largest absolute Gasteiger partial charge is 0.476 e. The summed E-state index contributed by atoms with van der Waals surface area (Å²) in [5, 5.41) is 16.5. The topological polar surface area (TPSA) is 88.3 Å². The van der Waals surface area contributed by atoms with Crippen LogP contribution in [0.15, 0.2) is 30.5 Å². The number of carbonyl (C=O) groups excluding carboxylic acids is 1. The van der Waals surface area contributed by atoms with Gasteiger partial charge in [0.25, 0.3) is 5.91 Å². The zero-order valence-electron chi connectivity index (χ0n) is 13.6. The summed E-state index contributed by atoms with van der Waals surface area (Å²) < 4.78 is 1.60. The lowest BCUT2D eigenvalue weighted by atomic mass is 10.0. The van der Waals surface area contributed by atoms with Crippen molar-refractivity contribution in [3.63, 3.8) is 0 Å². The number of likely N-dealkylation sites (tertiary alicyclic amines) is 1. The van der Waals surface area contributed by atoms with Gasteiger partial charge in [-0.05, 0) is 30.9 Å². The molecule has 1 saturated heterocycles. The van der Waals surface area contributed by atoms with Crippen LogP contribution in [0.2, 0.25) is 0 Å². The molecular formula is C17H20N4O3. The van der Waals surface area contributed by atoms with Crippen molar-refractivity contribution in [1.29, 1.82) is 0 Å². The predicted molar refractivity (Wildman–Crippen MR) is 87.0 cm³/mol. The summed E-state index contributed by atoms with van der Waals surface area (Å²) in [6.07, 6.45) is 3.76. The van der Waals surface area contributed by atoms with Gasteiger partial charge in [-0.3, -0.25) is 4.79 Å². The van der Waals surface area contributed by atoms with Crippen LogP contribution < -0.4 is 0 Å². The summed E-state index contributed by atoms with van der Waals surface area (Å²) in [5.74, 6) is -1.01. The van der Waals surface area contributed by atoms with E-state index in [-0.39, 0.29) is 17.6 Å². The Hall–Kier alpha value is -2.70. The average Bonchev–Trinajstić information content (AvgIpc) is 3.11. The molecule has 1 N–H and O–H groups in total. The maximum atomic E-state index is 12.7. The second-order valence-corrected chi connectivity index (χ2v) is 5.92. The minimum atomic E-state index is -1.08. The van der Waals surface area contributed by atoms with Crippen molar-refractivity contribution in [3.8, 4) is 0 Å². The first-order valence-electron chi connectivity index (χ1n) is 8.12. The maximum Gasteiger partial charge on any atom is 0.358 e. The van der Waals surface area contributed by atoms with E-state index in [4.69, 9.17) is 5.11 Å². The van der Waals surface area contributed by atoms with Crippen molar-refractivity contribution in [1.82, 2.24) is 19.9 Å². The maximum absolute atomic E-state index is 12.7. The number of carboxylic acids is 1. The van der Waals surface area contributed by atoms with Crippen molar-refractivity contribution in [2.75, 3.05) is 13.1 Å². The zero-order valence-corrected chi connectivity index (χ0v) is 13.6. The van der Waals surface area contributed by atoms with Crippen molar-refractivity contribution in [2.24, 2.45) is 0 Å². The van der Waals surface area contributed by atoms with Gasteiger partial charge in [-0.2, -0.15) is 0 Å². The van der Waals surface area contributed by atoms with E-state index in [0.29, 0.717) is 13.1 Å². The minimum absolute atomic E-state index is 0.0506. The smallest absolute Gasteiger partial charge is 0.358 e. The molecule has 126 valence electrons. The zero-order chi connectivity index (χ0) is 17.1. The number of aryl methyl sites for hydroxylation is 1. The molecule has 1 aromatic carbocycles. The van der Waals surface area contributed by atoms with E-state index in [1.807, 2.05) is 36.1 Å². The van der Waals surface area contributed by atoms with Crippen LogP contribution in [0.1, 0.15) is 52.2 Å². The van der Waals surface area contributed by atoms with E-state index in [1.54, 1.807) is 4.68 Å². The molecule has 1 aromatic heterocycles. The van der Waals surface area contributed by atoms with E-state index < -0.39 is 5.97 Å². The summed E-state index contributed by atoms with van der Waals surface area (Å²) in [4.78, 5) is 25.5. The molecule has 0 unspecified atom stereocenters. The molecule has 0 saturated carbocycles. The fourth-order valence-corrected chi connectivity index (χ4v) is 3.09. The average molecular weight is 328 g/mol. The van der Waals surface area contributed by atoms with E-state index in [0.717, 1.165) is 30.4 Å². The van der Waals surface area contributed by atoms with Crippen molar-refractivity contribution in [2.45, 2.75) is 32.2 Å². The standard InChI is InChI=1S/C17H20N4O3/c1-2-12-5-3-4-6-14(12)16(22)20-9-7-13(8-10-20)21-11-15(17(23)24)18-19-21/h3-6,11,13H,2,7-10H2,1H3,(H,23,24). The number of hydrogen-bond donors (Lipinski definition) is 1. The van der Waals surface area contributed by atoms with Crippen molar-refractivity contribution in [3.05, 3.63) is 47.3 Å². The molecule has 0 spiro atoms. The lowest BCUT2D eigenvalue weighted by molar-refractivity contribution is 0.0683. The molecule has 0 radical (unpaired) electrons. The highest BCUT2D eigenvalue weighted by molar-refractivity contribution is 5.95. The molecule has 0 atom stereocenters. The normalized spacial score (nSPS) is 15.5. The van der Waals surface area contributed by atoms with Crippen LogP contribution in [0.25, 0.3) is 0 Å². The number of carbonyl (C=O) groups is 2.